The first-order chi connectivity index (χ1) is 12.4. The lowest BCUT2D eigenvalue weighted by atomic mass is 9.93. The molecule has 4 aromatic heterocycles. The molecule has 0 unspecified atom stereocenters. The van der Waals surface area contributed by atoms with Gasteiger partial charge in [-0.25, -0.2) is 4.98 Å². The molecule has 4 aromatic rings. The van der Waals surface area contributed by atoms with Gasteiger partial charge in [-0.05, 0) is 42.5 Å². The second-order valence-electron chi connectivity index (χ2n) is 6.52. The minimum atomic E-state index is 0.532. The van der Waals surface area contributed by atoms with Gasteiger partial charge in [0.1, 0.15) is 5.65 Å². The molecule has 5 nitrogen and oxygen atoms in total. The van der Waals surface area contributed by atoms with E-state index in [0.717, 1.165) is 37.3 Å². The number of nitrogens with zero attached hydrogens (tertiary/aromatic N) is 3. The maximum absolute atomic E-state index is 4.58. The van der Waals surface area contributed by atoms with Crippen molar-refractivity contribution in [2.45, 2.75) is 18.8 Å². The van der Waals surface area contributed by atoms with E-state index in [1.54, 1.807) is 11.3 Å². The van der Waals surface area contributed by atoms with Gasteiger partial charge in [-0.3, -0.25) is 5.10 Å². The molecule has 126 valence electrons. The molecule has 5 heterocycles. The highest BCUT2D eigenvalue weighted by atomic mass is 32.1. The van der Waals surface area contributed by atoms with Crippen LogP contribution >= 0.6 is 11.3 Å². The molecule has 2 N–H and O–H groups in total. The Labute approximate surface area is 149 Å². The summed E-state index contributed by atoms with van der Waals surface area (Å²) in [7, 11) is 0. The number of thiophene rings is 1. The molecule has 5 rings (SSSR count). The normalized spacial score (nSPS) is 15.9. The summed E-state index contributed by atoms with van der Waals surface area (Å²) in [5, 5.41) is 11.1. The van der Waals surface area contributed by atoms with E-state index in [4.69, 9.17) is 0 Å². The average Bonchev–Trinajstić information content (AvgIpc) is 3.42. The van der Waals surface area contributed by atoms with Gasteiger partial charge in [-0.1, -0.05) is 6.07 Å². The van der Waals surface area contributed by atoms with Gasteiger partial charge in [0.2, 0.25) is 0 Å². The SMILES string of the molecule is c1csc(-c2cc(C3CCN(c4ccnc5[nH]ccc45)CC3)n[nH]2)c1. The fourth-order valence-electron chi connectivity index (χ4n) is 3.74. The number of anilines is 1. The highest BCUT2D eigenvalue weighted by Gasteiger charge is 2.24. The lowest BCUT2D eigenvalue weighted by Crippen LogP contribution is -2.33. The van der Waals surface area contributed by atoms with Gasteiger partial charge in [0.05, 0.1) is 16.3 Å². The number of rotatable bonds is 3. The number of hydrogen-bond acceptors (Lipinski definition) is 4. The van der Waals surface area contributed by atoms with Gasteiger partial charge in [0.15, 0.2) is 0 Å². The van der Waals surface area contributed by atoms with E-state index in [9.17, 15) is 0 Å². The van der Waals surface area contributed by atoms with Gasteiger partial charge < -0.3 is 9.88 Å². The summed E-state index contributed by atoms with van der Waals surface area (Å²) in [4.78, 5) is 11.3. The number of fused-ring (bicyclic) bond motifs is 1. The maximum atomic E-state index is 4.58. The summed E-state index contributed by atoms with van der Waals surface area (Å²) in [6, 6.07) is 10.7. The number of hydrogen-bond donors (Lipinski definition) is 2. The second-order valence-corrected chi connectivity index (χ2v) is 7.46. The Morgan fingerprint density at radius 3 is 2.92 bits per heavy atom. The first-order valence-corrected chi connectivity index (χ1v) is 9.53. The van der Waals surface area contributed by atoms with Crippen molar-refractivity contribution >= 4 is 28.1 Å². The first kappa shape index (κ1) is 14.7. The van der Waals surface area contributed by atoms with Crippen LogP contribution < -0.4 is 4.90 Å². The highest BCUT2D eigenvalue weighted by Crippen LogP contribution is 2.34. The monoisotopic (exact) mass is 349 g/mol. The minimum absolute atomic E-state index is 0.532. The van der Waals surface area contributed by atoms with Crippen LogP contribution in [0.5, 0.6) is 0 Å². The zero-order valence-corrected chi connectivity index (χ0v) is 14.6. The molecule has 0 saturated carbocycles. The summed E-state index contributed by atoms with van der Waals surface area (Å²) in [6.07, 6.45) is 6.11. The second kappa shape index (κ2) is 6.04. The minimum Gasteiger partial charge on any atom is -0.371 e. The van der Waals surface area contributed by atoms with Gasteiger partial charge >= 0.3 is 0 Å². The zero-order chi connectivity index (χ0) is 16.6. The van der Waals surface area contributed by atoms with E-state index in [0.29, 0.717) is 5.92 Å². The van der Waals surface area contributed by atoms with Crippen LogP contribution in [0.25, 0.3) is 21.6 Å². The number of pyridine rings is 1. The van der Waals surface area contributed by atoms with Crippen LogP contribution in [0.1, 0.15) is 24.5 Å². The molecule has 0 aromatic carbocycles. The van der Waals surface area contributed by atoms with Crippen molar-refractivity contribution in [1.29, 1.82) is 0 Å². The van der Waals surface area contributed by atoms with E-state index in [2.05, 4.69) is 60.8 Å². The van der Waals surface area contributed by atoms with Crippen LogP contribution in [0, 0.1) is 0 Å². The molecule has 25 heavy (non-hydrogen) atoms. The maximum Gasteiger partial charge on any atom is 0.139 e. The van der Waals surface area contributed by atoms with Crippen molar-refractivity contribution in [3.63, 3.8) is 0 Å². The van der Waals surface area contributed by atoms with Crippen LogP contribution in [0.4, 0.5) is 5.69 Å². The molecule has 1 fully saturated rings. The number of aromatic nitrogens is 4. The first-order valence-electron chi connectivity index (χ1n) is 8.65. The molecule has 0 amide bonds. The van der Waals surface area contributed by atoms with Crippen molar-refractivity contribution in [3.8, 4) is 10.6 Å². The lowest BCUT2D eigenvalue weighted by molar-refractivity contribution is 0.496. The predicted octanol–water partition coefficient (Wildman–Crippen LogP) is 4.40. The largest absolute Gasteiger partial charge is 0.371 e. The molecule has 0 atom stereocenters. The molecular formula is C19H19N5S. The number of nitrogens with one attached hydrogen (secondary N) is 2. The summed E-state index contributed by atoms with van der Waals surface area (Å²) in [5.41, 5.74) is 4.58. The Hall–Kier alpha value is -2.60. The van der Waals surface area contributed by atoms with Gasteiger partial charge in [-0.2, -0.15) is 5.10 Å². The summed E-state index contributed by atoms with van der Waals surface area (Å²) >= 11 is 1.75. The van der Waals surface area contributed by atoms with E-state index in [-0.39, 0.29) is 0 Å². The van der Waals surface area contributed by atoms with Gasteiger partial charge in [0.25, 0.3) is 0 Å². The highest BCUT2D eigenvalue weighted by molar-refractivity contribution is 7.13. The summed E-state index contributed by atoms with van der Waals surface area (Å²) in [6.45, 7) is 2.10. The molecule has 1 aliphatic rings. The Kier molecular flexibility index (Phi) is 3.56. The smallest absolute Gasteiger partial charge is 0.139 e. The van der Waals surface area contributed by atoms with Crippen LogP contribution in [0.2, 0.25) is 0 Å². The van der Waals surface area contributed by atoms with E-state index in [1.807, 2.05) is 12.4 Å². The molecule has 0 spiro atoms. The third-order valence-corrected chi connectivity index (χ3v) is 5.98. The van der Waals surface area contributed by atoms with Crippen LogP contribution in [0.15, 0.2) is 48.1 Å². The quantitative estimate of drug-likeness (QED) is 0.576. The lowest BCUT2D eigenvalue weighted by Gasteiger charge is -2.33. The fourth-order valence-corrected chi connectivity index (χ4v) is 4.44. The van der Waals surface area contributed by atoms with Crippen molar-refractivity contribution in [2.24, 2.45) is 0 Å². The number of piperidine rings is 1. The molecule has 1 saturated heterocycles. The molecule has 1 aliphatic heterocycles. The predicted molar refractivity (Wildman–Crippen MR) is 102 cm³/mol. The molecule has 0 bridgehead atoms. The van der Waals surface area contributed by atoms with Crippen molar-refractivity contribution in [2.75, 3.05) is 18.0 Å². The standard InChI is InChI=1S/C19H19N5S/c1-2-18(25-11-1)16-12-15(22-23-16)13-5-9-24(10-6-13)17-4-8-21-19-14(17)3-7-20-19/h1-4,7-8,11-13H,5-6,9-10H2,(H,20,21)(H,22,23). The Bertz CT molecular complexity index is 976. The number of aromatic amines is 2. The zero-order valence-electron chi connectivity index (χ0n) is 13.8. The van der Waals surface area contributed by atoms with Gasteiger partial charge in [0, 0.05) is 42.5 Å². The van der Waals surface area contributed by atoms with Crippen molar-refractivity contribution in [1.82, 2.24) is 20.2 Å². The van der Waals surface area contributed by atoms with Crippen molar-refractivity contribution in [3.05, 3.63) is 53.8 Å². The third-order valence-electron chi connectivity index (χ3n) is 5.08. The molecule has 0 radical (unpaired) electrons. The third kappa shape index (κ3) is 2.62. The van der Waals surface area contributed by atoms with Crippen LogP contribution in [-0.2, 0) is 0 Å². The van der Waals surface area contributed by atoms with Crippen LogP contribution in [-0.4, -0.2) is 33.3 Å². The fraction of sp³-hybridized carbons (Fsp3) is 0.263. The van der Waals surface area contributed by atoms with E-state index < -0.39 is 0 Å². The summed E-state index contributed by atoms with van der Waals surface area (Å²) in [5.74, 6) is 0.532. The Balaban J connectivity index is 1.32. The Morgan fingerprint density at radius 1 is 1.16 bits per heavy atom. The molecular weight excluding hydrogens is 330 g/mol. The van der Waals surface area contributed by atoms with Crippen LogP contribution in [0.3, 0.4) is 0 Å². The van der Waals surface area contributed by atoms with E-state index >= 15 is 0 Å². The Morgan fingerprint density at radius 2 is 2.08 bits per heavy atom. The number of H-pyrrole nitrogens is 2. The average molecular weight is 349 g/mol. The molecule has 6 heteroatoms. The topological polar surface area (TPSA) is 60.6 Å². The van der Waals surface area contributed by atoms with Crippen molar-refractivity contribution < 1.29 is 0 Å². The summed E-state index contributed by atoms with van der Waals surface area (Å²) < 4.78 is 0. The molecule has 0 aliphatic carbocycles. The van der Waals surface area contributed by atoms with E-state index in [1.165, 1.54) is 21.6 Å². The van der Waals surface area contributed by atoms with Gasteiger partial charge in [-0.15, -0.1) is 11.3 Å².